The van der Waals surface area contributed by atoms with Crippen LogP contribution >= 0.6 is 27.5 Å². The Morgan fingerprint density at radius 3 is 2.28 bits per heavy atom. The van der Waals surface area contributed by atoms with E-state index in [0.29, 0.717) is 5.02 Å². The van der Waals surface area contributed by atoms with E-state index in [1.807, 2.05) is 31.2 Å². The average Bonchev–Trinajstić information content (AvgIpc) is 2.55. The zero-order valence-electron chi connectivity index (χ0n) is 13.7. The minimum absolute atomic E-state index is 0.0513. The lowest BCUT2D eigenvalue weighted by Gasteiger charge is -2.19. The molecule has 0 saturated carbocycles. The summed E-state index contributed by atoms with van der Waals surface area (Å²) in [7, 11) is -3.81. The van der Waals surface area contributed by atoms with Crippen molar-refractivity contribution in [2.75, 3.05) is 0 Å². The molecule has 0 aliphatic rings. The molecule has 0 spiro atoms. The standard InChI is InChI=1S/C17H18BrClN2O3S/c1-11(15-5-3-4-6-16(15)18)20-17(22)12(2)21-25(23,24)14-9-7-13(19)8-10-14/h3-12,21H,1-2H3,(H,20,22)/t11?,12-/m0/s1. The van der Waals surface area contributed by atoms with Gasteiger partial charge in [-0.1, -0.05) is 45.7 Å². The van der Waals surface area contributed by atoms with Gasteiger partial charge in [-0.25, -0.2) is 8.42 Å². The van der Waals surface area contributed by atoms with Crippen molar-refractivity contribution in [1.82, 2.24) is 10.0 Å². The molecule has 0 radical (unpaired) electrons. The summed E-state index contributed by atoms with van der Waals surface area (Å²) in [5, 5.41) is 3.24. The lowest BCUT2D eigenvalue weighted by atomic mass is 10.1. The van der Waals surface area contributed by atoms with Gasteiger partial charge >= 0.3 is 0 Å². The second-order valence-corrected chi connectivity index (χ2v) is 8.55. The van der Waals surface area contributed by atoms with Crippen molar-refractivity contribution in [3.8, 4) is 0 Å². The first-order valence-electron chi connectivity index (χ1n) is 7.53. The third-order valence-corrected chi connectivity index (χ3v) is 6.11. The molecule has 134 valence electrons. The van der Waals surface area contributed by atoms with Crippen molar-refractivity contribution < 1.29 is 13.2 Å². The highest BCUT2D eigenvalue weighted by atomic mass is 79.9. The first-order chi connectivity index (χ1) is 11.7. The third-order valence-electron chi connectivity index (χ3n) is 3.58. The molecular formula is C17H18BrClN2O3S. The predicted molar refractivity (Wildman–Crippen MR) is 102 cm³/mol. The number of carbonyl (C=O) groups excluding carboxylic acids is 1. The number of carbonyl (C=O) groups is 1. The van der Waals surface area contributed by atoms with Crippen LogP contribution in [0.25, 0.3) is 0 Å². The maximum Gasteiger partial charge on any atom is 0.241 e. The van der Waals surface area contributed by atoms with Crippen LogP contribution in [-0.4, -0.2) is 20.4 Å². The van der Waals surface area contributed by atoms with E-state index < -0.39 is 22.0 Å². The van der Waals surface area contributed by atoms with Crippen LogP contribution in [0.4, 0.5) is 0 Å². The van der Waals surface area contributed by atoms with Crippen molar-refractivity contribution in [2.24, 2.45) is 0 Å². The number of benzene rings is 2. The van der Waals surface area contributed by atoms with Gasteiger partial charge in [-0.15, -0.1) is 0 Å². The minimum atomic E-state index is -3.81. The molecule has 1 amide bonds. The topological polar surface area (TPSA) is 75.3 Å². The van der Waals surface area contributed by atoms with Crippen LogP contribution < -0.4 is 10.0 Å². The molecular weight excluding hydrogens is 428 g/mol. The molecule has 2 rings (SSSR count). The van der Waals surface area contributed by atoms with Gasteiger partial charge in [0.1, 0.15) is 0 Å². The maximum atomic E-state index is 12.3. The molecule has 0 heterocycles. The van der Waals surface area contributed by atoms with E-state index in [9.17, 15) is 13.2 Å². The molecule has 0 fully saturated rings. The zero-order chi connectivity index (χ0) is 18.6. The van der Waals surface area contributed by atoms with E-state index in [0.717, 1.165) is 10.0 Å². The molecule has 25 heavy (non-hydrogen) atoms. The van der Waals surface area contributed by atoms with Gasteiger partial charge in [0.05, 0.1) is 17.0 Å². The lowest BCUT2D eigenvalue weighted by Crippen LogP contribution is -2.45. The van der Waals surface area contributed by atoms with E-state index in [2.05, 4.69) is 26.0 Å². The summed E-state index contributed by atoms with van der Waals surface area (Å²) in [5.41, 5.74) is 0.906. The Morgan fingerprint density at radius 2 is 1.68 bits per heavy atom. The average molecular weight is 446 g/mol. The largest absolute Gasteiger partial charge is 0.348 e. The first-order valence-corrected chi connectivity index (χ1v) is 10.2. The van der Waals surface area contributed by atoms with Crippen LogP contribution in [0.15, 0.2) is 57.9 Å². The Hall–Kier alpha value is -1.41. The van der Waals surface area contributed by atoms with Crippen LogP contribution in [0.5, 0.6) is 0 Å². The lowest BCUT2D eigenvalue weighted by molar-refractivity contribution is -0.123. The molecule has 0 aliphatic carbocycles. The van der Waals surface area contributed by atoms with Crippen LogP contribution in [0, 0.1) is 0 Å². The fraction of sp³-hybridized carbons (Fsp3) is 0.235. The summed E-state index contributed by atoms with van der Waals surface area (Å²) in [6.07, 6.45) is 0. The van der Waals surface area contributed by atoms with Crippen molar-refractivity contribution >= 4 is 43.5 Å². The number of nitrogens with one attached hydrogen (secondary N) is 2. The Morgan fingerprint density at radius 1 is 1.08 bits per heavy atom. The second kappa shape index (κ2) is 8.31. The predicted octanol–water partition coefficient (Wildman–Crippen LogP) is 3.65. The summed E-state index contributed by atoms with van der Waals surface area (Å²) < 4.78 is 27.9. The zero-order valence-corrected chi connectivity index (χ0v) is 16.8. The smallest absolute Gasteiger partial charge is 0.241 e. The highest BCUT2D eigenvalue weighted by Gasteiger charge is 2.23. The molecule has 0 aromatic heterocycles. The van der Waals surface area contributed by atoms with Crippen molar-refractivity contribution in [3.05, 3.63) is 63.6 Å². The Bertz CT molecular complexity index is 856. The maximum absolute atomic E-state index is 12.3. The van der Waals surface area contributed by atoms with Crippen molar-refractivity contribution in [3.63, 3.8) is 0 Å². The highest BCUT2D eigenvalue weighted by molar-refractivity contribution is 9.10. The second-order valence-electron chi connectivity index (χ2n) is 5.55. The first kappa shape index (κ1) is 19.9. The Kier molecular flexibility index (Phi) is 6.62. The molecule has 2 aromatic rings. The summed E-state index contributed by atoms with van der Waals surface area (Å²) in [4.78, 5) is 12.4. The molecule has 1 unspecified atom stereocenters. The van der Waals surface area contributed by atoms with Gasteiger partial charge < -0.3 is 5.32 Å². The van der Waals surface area contributed by atoms with Gasteiger partial charge in [-0.3, -0.25) is 4.79 Å². The van der Waals surface area contributed by atoms with Gasteiger partial charge in [0, 0.05) is 9.50 Å². The fourth-order valence-corrected chi connectivity index (χ4v) is 4.17. The third kappa shape index (κ3) is 5.28. The molecule has 0 bridgehead atoms. The number of hydrogen-bond donors (Lipinski definition) is 2. The van der Waals surface area contributed by atoms with Gasteiger partial charge in [0.15, 0.2) is 0 Å². The van der Waals surface area contributed by atoms with Gasteiger partial charge in [0.2, 0.25) is 15.9 Å². The van der Waals surface area contributed by atoms with Gasteiger partial charge in [-0.2, -0.15) is 4.72 Å². The van der Waals surface area contributed by atoms with Crippen molar-refractivity contribution in [2.45, 2.75) is 30.8 Å². The number of sulfonamides is 1. The van der Waals surface area contributed by atoms with E-state index in [-0.39, 0.29) is 10.9 Å². The Labute approximate surface area is 161 Å². The van der Waals surface area contributed by atoms with E-state index >= 15 is 0 Å². The van der Waals surface area contributed by atoms with E-state index in [1.54, 1.807) is 0 Å². The van der Waals surface area contributed by atoms with Gasteiger partial charge in [0.25, 0.3) is 0 Å². The summed E-state index contributed by atoms with van der Waals surface area (Å²) >= 11 is 9.20. The number of rotatable bonds is 6. The quantitative estimate of drug-likeness (QED) is 0.713. The van der Waals surface area contributed by atoms with Crippen LogP contribution in [0.3, 0.4) is 0 Å². The summed E-state index contributed by atoms with van der Waals surface area (Å²) in [5.74, 6) is -0.416. The highest BCUT2D eigenvalue weighted by Crippen LogP contribution is 2.22. The normalized spacial score (nSPS) is 13.9. The molecule has 5 nitrogen and oxygen atoms in total. The molecule has 0 saturated heterocycles. The van der Waals surface area contributed by atoms with Crippen molar-refractivity contribution in [1.29, 1.82) is 0 Å². The van der Waals surface area contributed by atoms with Crippen LogP contribution in [-0.2, 0) is 14.8 Å². The van der Waals surface area contributed by atoms with E-state index in [1.165, 1.54) is 31.2 Å². The fourth-order valence-electron chi connectivity index (χ4n) is 2.21. The SMILES string of the molecule is CC(NC(=O)[C@H](C)NS(=O)(=O)c1ccc(Cl)cc1)c1ccccc1Br. The van der Waals surface area contributed by atoms with Gasteiger partial charge in [-0.05, 0) is 49.7 Å². The number of halogens is 2. The van der Waals surface area contributed by atoms with Crippen LogP contribution in [0.2, 0.25) is 5.02 Å². The monoisotopic (exact) mass is 444 g/mol. The molecule has 2 aromatic carbocycles. The van der Waals surface area contributed by atoms with Crippen LogP contribution in [0.1, 0.15) is 25.5 Å². The molecule has 2 atom stereocenters. The Balaban J connectivity index is 2.05. The molecule has 2 N–H and O–H groups in total. The van der Waals surface area contributed by atoms with E-state index in [4.69, 9.17) is 11.6 Å². The summed E-state index contributed by atoms with van der Waals surface area (Å²) in [6.45, 7) is 3.33. The minimum Gasteiger partial charge on any atom is -0.348 e. The molecule has 8 heteroatoms. The summed E-state index contributed by atoms with van der Waals surface area (Å²) in [6, 6.07) is 12.1. The number of hydrogen-bond acceptors (Lipinski definition) is 3. The molecule has 0 aliphatic heterocycles. The number of amides is 1.